The van der Waals surface area contributed by atoms with Gasteiger partial charge in [-0.3, -0.25) is 0 Å². The van der Waals surface area contributed by atoms with Crippen LogP contribution in [0.3, 0.4) is 0 Å². The Bertz CT molecular complexity index is 574. The molecule has 10 heteroatoms. The molecule has 1 rings (SSSR count). The van der Waals surface area contributed by atoms with Gasteiger partial charge in [-0.2, -0.15) is 17.5 Å². The zero-order chi connectivity index (χ0) is 15.6. The minimum Gasteiger partial charge on any atom is -0.399 e. The topological polar surface area (TPSA) is 83.6 Å². The molecule has 0 aliphatic heterocycles. The maximum Gasteiger partial charge on any atom is 0.402 e. The smallest absolute Gasteiger partial charge is 0.399 e. The van der Waals surface area contributed by atoms with Crippen LogP contribution in [0, 0.1) is 5.82 Å². The van der Waals surface area contributed by atoms with Crippen LogP contribution >= 0.6 is 0 Å². The Morgan fingerprint density at radius 3 is 2.40 bits per heavy atom. The number of sulfonamides is 1. The molecule has 114 valence electrons. The van der Waals surface area contributed by atoms with Crippen LogP contribution in [0.15, 0.2) is 23.1 Å². The summed E-state index contributed by atoms with van der Waals surface area (Å²) in [5.41, 5.74) is 5.19. The molecular formula is C10H12F4N2O3S. The maximum absolute atomic E-state index is 13.5. The number of nitrogen functional groups attached to an aromatic ring is 1. The van der Waals surface area contributed by atoms with E-state index in [9.17, 15) is 26.0 Å². The van der Waals surface area contributed by atoms with Crippen LogP contribution in [0.4, 0.5) is 23.2 Å². The summed E-state index contributed by atoms with van der Waals surface area (Å²) in [6.45, 7) is -3.47. The Labute approximate surface area is 112 Å². The normalized spacial score (nSPS) is 12.9. The first-order valence-electron chi connectivity index (χ1n) is 5.30. The third-order valence-corrected chi connectivity index (χ3v) is 4.14. The van der Waals surface area contributed by atoms with E-state index in [1.54, 1.807) is 0 Å². The fraction of sp³-hybridized carbons (Fsp3) is 0.400. The van der Waals surface area contributed by atoms with Crippen molar-refractivity contribution in [2.24, 2.45) is 0 Å². The lowest BCUT2D eigenvalue weighted by atomic mass is 10.3. The molecular weight excluding hydrogens is 304 g/mol. The summed E-state index contributed by atoms with van der Waals surface area (Å²) >= 11 is 0. The molecule has 0 saturated heterocycles. The van der Waals surface area contributed by atoms with Crippen molar-refractivity contribution in [2.75, 3.05) is 25.4 Å². The monoisotopic (exact) mass is 316 g/mol. The summed E-state index contributed by atoms with van der Waals surface area (Å²) in [7, 11) is -4.75. The molecule has 0 heterocycles. The molecule has 0 amide bonds. The van der Waals surface area contributed by atoms with E-state index in [1.807, 2.05) is 0 Å². The minimum atomic E-state index is -4.82. The van der Waals surface area contributed by atoms with Gasteiger partial charge in [0.05, 0.1) is 6.61 Å². The molecule has 0 unspecified atom stereocenters. The van der Waals surface area contributed by atoms with E-state index >= 15 is 0 Å². The van der Waals surface area contributed by atoms with E-state index in [-0.39, 0.29) is 9.99 Å². The van der Waals surface area contributed by atoms with Gasteiger partial charge in [-0.05, 0) is 18.2 Å². The van der Waals surface area contributed by atoms with Crippen molar-refractivity contribution in [1.29, 1.82) is 0 Å². The first-order chi connectivity index (χ1) is 9.08. The van der Waals surface area contributed by atoms with E-state index in [4.69, 9.17) is 10.8 Å². The Balaban J connectivity index is 3.26. The number of hydrogen-bond donors (Lipinski definition) is 2. The Morgan fingerprint density at radius 2 is 1.90 bits per heavy atom. The molecule has 0 aromatic heterocycles. The van der Waals surface area contributed by atoms with E-state index < -0.39 is 46.6 Å². The predicted octanol–water partition coefficient (Wildman–Crippen LogP) is 0.953. The van der Waals surface area contributed by atoms with Gasteiger partial charge in [-0.1, -0.05) is 0 Å². The van der Waals surface area contributed by atoms with Gasteiger partial charge in [0, 0.05) is 12.2 Å². The van der Waals surface area contributed by atoms with Gasteiger partial charge >= 0.3 is 6.18 Å². The third kappa shape index (κ3) is 4.05. The molecule has 0 saturated carbocycles. The van der Waals surface area contributed by atoms with Crippen LogP contribution < -0.4 is 5.73 Å². The highest BCUT2D eigenvalue weighted by atomic mass is 32.2. The number of aliphatic hydroxyl groups excluding tert-OH is 1. The molecule has 3 N–H and O–H groups in total. The van der Waals surface area contributed by atoms with Crippen molar-refractivity contribution < 1.29 is 31.1 Å². The lowest BCUT2D eigenvalue weighted by Crippen LogP contribution is -2.40. The van der Waals surface area contributed by atoms with Crippen molar-refractivity contribution in [3.8, 4) is 0 Å². The van der Waals surface area contributed by atoms with Gasteiger partial charge in [0.25, 0.3) is 0 Å². The summed E-state index contributed by atoms with van der Waals surface area (Å²) < 4.78 is 74.5. The highest BCUT2D eigenvalue weighted by Gasteiger charge is 2.37. The molecule has 0 bridgehead atoms. The molecule has 0 atom stereocenters. The Kier molecular flexibility index (Phi) is 4.95. The van der Waals surface area contributed by atoms with Crippen molar-refractivity contribution in [3.63, 3.8) is 0 Å². The van der Waals surface area contributed by atoms with Gasteiger partial charge < -0.3 is 10.8 Å². The highest BCUT2D eigenvalue weighted by Crippen LogP contribution is 2.25. The third-order valence-electron chi connectivity index (χ3n) is 2.28. The fourth-order valence-electron chi connectivity index (χ4n) is 1.45. The largest absolute Gasteiger partial charge is 0.402 e. The van der Waals surface area contributed by atoms with E-state index in [0.717, 1.165) is 18.2 Å². The number of alkyl halides is 3. The molecule has 1 aromatic carbocycles. The average molecular weight is 316 g/mol. The number of rotatable bonds is 5. The zero-order valence-corrected chi connectivity index (χ0v) is 10.9. The number of hydrogen-bond acceptors (Lipinski definition) is 4. The van der Waals surface area contributed by atoms with Gasteiger partial charge in [-0.25, -0.2) is 12.8 Å². The van der Waals surface area contributed by atoms with E-state index in [0.29, 0.717) is 0 Å². The number of aliphatic hydroxyl groups is 1. The van der Waals surface area contributed by atoms with Crippen molar-refractivity contribution in [1.82, 2.24) is 4.31 Å². The summed E-state index contributed by atoms with van der Waals surface area (Å²) in [6.07, 6.45) is -4.82. The summed E-state index contributed by atoms with van der Waals surface area (Å²) in [6, 6.07) is 2.55. The van der Waals surface area contributed by atoms with E-state index in [2.05, 4.69) is 0 Å². The number of benzene rings is 1. The second-order valence-corrected chi connectivity index (χ2v) is 5.77. The Morgan fingerprint density at radius 1 is 1.30 bits per heavy atom. The van der Waals surface area contributed by atoms with Crippen molar-refractivity contribution in [3.05, 3.63) is 24.0 Å². The second-order valence-electron chi connectivity index (χ2n) is 3.87. The summed E-state index contributed by atoms with van der Waals surface area (Å²) in [4.78, 5) is -0.963. The first-order valence-corrected chi connectivity index (χ1v) is 6.74. The molecule has 0 fully saturated rings. The minimum absolute atomic E-state index is 0.0507. The van der Waals surface area contributed by atoms with Gasteiger partial charge in [0.15, 0.2) is 0 Å². The van der Waals surface area contributed by atoms with Crippen LogP contribution in [0.25, 0.3) is 0 Å². The number of nitrogens with two attached hydrogens (primary N) is 1. The molecule has 0 aliphatic rings. The molecule has 0 spiro atoms. The van der Waals surface area contributed by atoms with Crippen LogP contribution in [0.1, 0.15) is 0 Å². The summed E-state index contributed by atoms with van der Waals surface area (Å²) in [5, 5.41) is 8.68. The fourth-order valence-corrected chi connectivity index (χ4v) is 2.97. The number of nitrogens with zero attached hydrogens (tertiary/aromatic N) is 1. The van der Waals surface area contributed by atoms with Crippen LogP contribution in [0.5, 0.6) is 0 Å². The molecule has 5 nitrogen and oxygen atoms in total. The standard InChI is InChI=1S/C10H12F4N2O3S/c11-8-2-1-7(15)5-9(8)20(18,19)16(3-4-17)6-10(12,13)14/h1-2,5,17H,3-4,6,15H2. The first kappa shape index (κ1) is 16.7. The maximum atomic E-state index is 13.5. The van der Waals surface area contributed by atoms with E-state index in [1.165, 1.54) is 0 Å². The number of halogens is 4. The summed E-state index contributed by atoms with van der Waals surface area (Å²) in [5.74, 6) is -1.22. The SMILES string of the molecule is Nc1ccc(F)c(S(=O)(=O)N(CCO)CC(F)(F)F)c1. The van der Waals surface area contributed by atoms with Gasteiger partial charge in [-0.15, -0.1) is 0 Å². The molecule has 20 heavy (non-hydrogen) atoms. The van der Waals surface area contributed by atoms with Gasteiger partial charge in [0.1, 0.15) is 17.3 Å². The molecule has 0 radical (unpaired) electrons. The lowest BCUT2D eigenvalue weighted by Gasteiger charge is -2.22. The Hall–Kier alpha value is -1.39. The molecule has 1 aromatic rings. The highest BCUT2D eigenvalue weighted by molar-refractivity contribution is 7.89. The van der Waals surface area contributed by atoms with Crippen LogP contribution in [-0.2, 0) is 10.0 Å². The average Bonchev–Trinajstić information content (AvgIpc) is 2.30. The van der Waals surface area contributed by atoms with Gasteiger partial charge in [0.2, 0.25) is 10.0 Å². The van der Waals surface area contributed by atoms with Crippen molar-refractivity contribution in [2.45, 2.75) is 11.1 Å². The predicted molar refractivity (Wildman–Crippen MR) is 62.7 cm³/mol. The molecule has 0 aliphatic carbocycles. The quantitative estimate of drug-likeness (QED) is 0.626. The number of anilines is 1. The zero-order valence-electron chi connectivity index (χ0n) is 10.1. The lowest BCUT2D eigenvalue weighted by molar-refractivity contribution is -0.136. The second kappa shape index (κ2) is 5.94. The van der Waals surface area contributed by atoms with Crippen LogP contribution in [0.2, 0.25) is 0 Å². The van der Waals surface area contributed by atoms with Crippen LogP contribution in [-0.4, -0.2) is 43.7 Å². The van der Waals surface area contributed by atoms with Crippen molar-refractivity contribution >= 4 is 15.7 Å².